The molecule has 28 heavy (non-hydrogen) atoms. The summed E-state index contributed by atoms with van der Waals surface area (Å²) >= 11 is 0. The van der Waals surface area contributed by atoms with Gasteiger partial charge >= 0.3 is 6.09 Å². The predicted molar refractivity (Wildman–Crippen MR) is 112 cm³/mol. The van der Waals surface area contributed by atoms with E-state index in [9.17, 15) is 4.79 Å². The van der Waals surface area contributed by atoms with E-state index in [-0.39, 0.29) is 6.09 Å². The number of ether oxygens (including phenoxy) is 1. The van der Waals surface area contributed by atoms with Gasteiger partial charge in [-0.2, -0.15) is 0 Å². The average Bonchev–Trinajstić information content (AvgIpc) is 2.64. The second-order valence-corrected chi connectivity index (χ2v) is 8.80. The molecule has 0 aliphatic heterocycles. The van der Waals surface area contributed by atoms with Crippen LogP contribution in [0.2, 0.25) is 0 Å². The Hall–Kier alpha value is -2.37. The molecule has 0 atom stereocenters. The summed E-state index contributed by atoms with van der Waals surface area (Å²) in [6.45, 7) is 9.26. The molecule has 1 fully saturated rings. The van der Waals surface area contributed by atoms with Crippen LogP contribution in [0.15, 0.2) is 24.3 Å². The van der Waals surface area contributed by atoms with Crippen LogP contribution >= 0.6 is 0 Å². The number of aromatic nitrogens is 2. The Balaban J connectivity index is 1.42. The van der Waals surface area contributed by atoms with E-state index >= 15 is 0 Å². The maximum absolute atomic E-state index is 11.8. The number of benzene rings is 1. The summed E-state index contributed by atoms with van der Waals surface area (Å²) in [5.41, 5.74) is 1.54. The quantitative estimate of drug-likeness (QED) is 0.783. The normalized spacial score (nSPS) is 20.0. The Kier molecular flexibility index (Phi) is 6.37. The number of rotatable bonds is 5. The summed E-state index contributed by atoms with van der Waals surface area (Å²) in [5.74, 6) is 1.86. The molecule has 0 radical (unpaired) electrons. The molecule has 1 aliphatic carbocycles. The Labute approximate surface area is 167 Å². The zero-order chi connectivity index (χ0) is 20.1. The second-order valence-electron chi connectivity index (χ2n) is 8.80. The Morgan fingerprint density at radius 3 is 2.39 bits per heavy atom. The van der Waals surface area contributed by atoms with Crippen LogP contribution in [0.4, 0.5) is 10.7 Å². The Morgan fingerprint density at radius 2 is 1.71 bits per heavy atom. The second kappa shape index (κ2) is 8.76. The number of aryl methyl sites for hydroxylation is 1. The number of para-hydroxylation sites is 1. The number of anilines is 1. The first-order valence-electron chi connectivity index (χ1n) is 10.2. The zero-order valence-electron chi connectivity index (χ0n) is 17.4. The number of hydrogen-bond acceptors (Lipinski definition) is 5. The van der Waals surface area contributed by atoms with E-state index in [4.69, 9.17) is 4.74 Å². The molecule has 1 heterocycles. The zero-order valence-corrected chi connectivity index (χ0v) is 17.4. The molecule has 1 saturated carbocycles. The lowest BCUT2D eigenvalue weighted by atomic mass is 9.82. The van der Waals surface area contributed by atoms with Gasteiger partial charge in [-0.05, 0) is 71.3 Å². The van der Waals surface area contributed by atoms with Gasteiger partial charge in [0.15, 0.2) is 0 Å². The van der Waals surface area contributed by atoms with Gasteiger partial charge < -0.3 is 15.4 Å². The average molecular weight is 385 g/mol. The molecule has 2 aromatic rings. The molecule has 1 aliphatic rings. The summed E-state index contributed by atoms with van der Waals surface area (Å²) in [6, 6.07) is 8.10. The Bertz CT molecular complexity index is 808. The molecule has 0 unspecified atom stereocenters. The summed E-state index contributed by atoms with van der Waals surface area (Å²) in [4.78, 5) is 21.0. The first-order valence-corrected chi connectivity index (χ1v) is 10.2. The summed E-state index contributed by atoms with van der Waals surface area (Å²) < 4.78 is 5.30. The highest BCUT2D eigenvalue weighted by atomic mass is 16.6. The molecule has 152 valence electrons. The van der Waals surface area contributed by atoms with Gasteiger partial charge in [0, 0.05) is 18.5 Å². The molecule has 0 saturated heterocycles. The lowest BCUT2D eigenvalue weighted by Gasteiger charge is -2.29. The number of amides is 1. The van der Waals surface area contributed by atoms with Gasteiger partial charge in [-0.1, -0.05) is 18.2 Å². The van der Waals surface area contributed by atoms with E-state index in [1.165, 1.54) is 0 Å². The fourth-order valence-electron chi connectivity index (χ4n) is 3.73. The highest BCUT2D eigenvalue weighted by Gasteiger charge is 2.23. The van der Waals surface area contributed by atoms with Crippen molar-refractivity contribution in [1.82, 2.24) is 15.3 Å². The molecule has 0 spiro atoms. The van der Waals surface area contributed by atoms with Gasteiger partial charge in [0.25, 0.3) is 0 Å². The molecule has 6 heteroatoms. The third kappa shape index (κ3) is 5.81. The standard InChI is InChI=1S/C22H32N4O2/c1-15-18-7-5-6-8-19(18)26-20(25-15)23-13-16-9-11-17(12-10-16)14-24-21(27)28-22(2,3)4/h5-8,16-17H,9-14H2,1-4H3,(H,24,27)(H,23,25,26)/t16-,17+. The SMILES string of the molecule is Cc1nc(NC[C@H]2CC[C@@H](CNC(=O)OC(C)(C)C)CC2)nc2ccccc12. The molecule has 2 N–H and O–H groups in total. The van der Waals surface area contributed by atoms with Crippen molar-refractivity contribution in [2.24, 2.45) is 11.8 Å². The first-order chi connectivity index (χ1) is 13.3. The van der Waals surface area contributed by atoms with Crippen molar-refractivity contribution < 1.29 is 9.53 Å². The van der Waals surface area contributed by atoms with Crippen molar-refractivity contribution in [2.75, 3.05) is 18.4 Å². The van der Waals surface area contributed by atoms with Crippen LogP contribution in [0.25, 0.3) is 10.9 Å². The summed E-state index contributed by atoms with van der Waals surface area (Å²) in [7, 11) is 0. The Morgan fingerprint density at radius 1 is 1.07 bits per heavy atom. The van der Waals surface area contributed by atoms with Gasteiger partial charge in [-0.15, -0.1) is 0 Å². The summed E-state index contributed by atoms with van der Waals surface area (Å²) in [5, 5.41) is 7.44. The van der Waals surface area contributed by atoms with Crippen molar-refractivity contribution >= 4 is 22.9 Å². The molecule has 1 aromatic carbocycles. The fourth-order valence-corrected chi connectivity index (χ4v) is 3.73. The van der Waals surface area contributed by atoms with Gasteiger partial charge in [0.2, 0.25) is 5.95 Å². The van der Waals surface area contributed by atoms with Crippen LogP contribution in [0.3, 0.4) is 0 Å². The van der Waals surface area contributed by atoms with Gasteiger partial charge in [0.05, 0.1) is 11.2 Å². The van der Waals surface area contributed by atoms with Crippen LogP contribution in [0, 0.1) is 18.8 Å². The van der Waals surface area contributed by atoms with E-state index in [0.717, 1.165) is 48.8 Å². The molecule has 0 bridgehead atoms. The lowest BCUT2D eigenvalue weighted by Crippen LogP contribution is -2.36. The smallest absolute Gasteiger partial charge is 0.407 e. The molecular weight excluding hydrogens is 352 g/mol. The van der Waals surface area contributed by atoms with Crippen molar-refractivity contribution in [3.05, 3.63) is 30.0 Å². The monoisotopic (exact) mass is 384 g/mol. The highest BCUT2D eigenvalue weighted by molar-refractivity contribution is 5.81. The number of fused-ring (bicyclic) bond motifs is 1. The van der Waals surface area contributed by atoms with Crippen LogP contribution < -0.4 is 10.6 Å². The van der Waals surface area contributed by atoms with E-state index in [1.54, 1.807) is 0 Å². The van der Waals surface area contributed by atoms with Crippen LogP contribution in [-0.4, -0.2) is 34.8 Å². The minimum atomic E-state index is -0.448. The third-order valence-electron chi connectivity index (χ3n) is 5.24. The number of nitrogens with one attached hydrogen (secondary N) is 2. The third-order valence-corrected chi connectivity index (χ3v) is 5.24. The lowest BCUT2D eigenvalue weighted by molar-refractivity contribution is 0.0513. The van der Waals surface area contributed by atoms with Gasteiger partial charge in [-0.3, -0.25) is 0 Å². The predicted octanol–water partition coefficient (Wildman–Crippen LogP) is 4.68. The van der Waals surface area contributed by atoms with E-state index in [2.05, 4.69) is 26.7 Å². The topological polar surface area (TPSA) is 76.1 Å². The van der Waals surface area contributed by atoms with Crippen molar-refractivity contribution in [3.8, 4) is 0 Å². The number of hydrogen-bond donors (Lipinski definition) is 2. The largest absolute Gasteiger partial charge is 0.444 e. The molecule has 1 aromatic heterocycles. The van der Waals surface area contributed by atoms with Crippen LogP contribution in [0.5, 0.6) is 0 Å². The highest BCUT2D eigenvalue weighted by Crippen LogP contribution is 2.28. The summed E-state index contributed by atoms with van der Waals surface area (Å²) in [6.07, 6.45) is 4.24. The first kappa shape index (κ1) is 20.4. The molecule has 6 nitrogen and oxygen atoms in total. The maximum atomic E-state index is 11.8. The molecular formula is C22H32N4O2. The fraction of sp³-hybridized carbons (Fsp3) is 0.591. The number of carbonyl (C=O) groups is 1. The van der Waals surface area contributed by atoms with E-state index in [0.29, 0.717) is 24.3 Å². The molecule has 3 rings (SSSR count). The minimum absolute atomic E-state index is 0.319. The molecule has 1 amide bonds. The van der Waals surface area contributed by atoms with Crippen LogP contribution in [0.1, 0.15) is 52.1 Å². The van der Waals surface area contributed by atoms with Crippen LogP contribution in [-0.2, 0) is 4.74 Å². The van der Waals surface area contributed by atoms with Crippen molar-refractivity contribution in [2.45, 2.75) is 59.0 Å². The van der Waals surface area contributed by atoms with E-state index < -0.39 is 5.60 Å². The minimum Gasteiger partial charge on any atom is -0.444 e. The van der Waals surface area contributed by atoms with Gasteiger partial charge in [-0.25, -0.2) is 14.8 Å². The maximum Gasteiger partial charge on any atom is 0.407 e. The van der Waals surface area contributed by atoms with Gasteiger partial charge in [0.1, 0.15) is 5.60 Å². The van der Waals surface area contributed by atoms with E-state index in [1.807, 2.05) is 45.9 Å². The number of carbonyl (C=O) groups excluding carboxylic acids is 1. The number of alkyl carbamates (subject to hydrolysis) is 1. The number of nitrogens with zero attached hydrogens (tertiary/aromatic N) is 2. The van der Waals surface area contributed by atoms with Crippen molar-refractivity contribution in [1.29, 1.82) is 0 Å². The van der Waals surface area contributed by atoms with Crippen molar-refractivity contribution in [3.63, 3.8) is 0 Å².